The number of nitrogens with zero attached hydrogens (tertiary/aromatic N) is 2. The lowest BCUT2D eigenvalue weighted by molar-refractivity contribution is -0.384. The summed E-state index contributed by atoms with van der Waals surface area (Å²) < 4.78 is 30.4. The van der Waals surface area contributed by atoms with E-state index in [9.17, 15) is 23.3 Å². The maximum absolute atomic E-state index is 12.4. The van der Waals surface area contributed by atoms with Crippen LogP contribution in [0.3, 0.4) is 0 Å². The van der Waals surface area contributed by atoms with E-state index >= 15 is 0 Å². The molecule has 0 aromatic heterocycles. The van der Waals surface area contributed by atoms with Gasteiger partial charge in [-0.25, -0.2) is 8.42 Å². The normalized spacial score (nSPS) is 10.8. The first-order valence-corrected chi connectivity index (χ1v) is 9.91. The summed E-state index contributed by atoms with van der Waals surface area (Å²) in [5, 5.41) is 13.5. The molecule has 0 fully saturated rings. The molecule has 0 saturated heterocycles. The summed E-state index contributed by atoms with van der Waals surface area (Å²) in [6, 6.07) is 11.6. The molecular formula is C18H19N3O6S. The summed E-state index contributed by atoms with van der Waals surface area (Å²) in [7, 11) is -3.85. The SMILES string of the molecule is C=CCOc1cccc(NC(=O)CN(c2cccc([N+](=O)[O-])c2)S(C)(=O)=O)c1. The summed E-state index contributed by atoms with van der Waals surface area (Å²) in [6.07, 6.45) is 2.50. The van der Waals surface area contributed by atoms with Crippen molar-refractivity contribution in [2.75, 3.05) is 29.0 Å². The molecule has 148 valence electrons. The van der Waals surface area contributed by atoms with Crippen molar-refractivity contribution >= 4 is 33.0 Å². The summed E-state index contributed by atoms with van der Waals surface area (Å²) in [6.45, 7) is 3.30. The Kier molecular flexibility index (Phi) is 6.72. The molecule has 0 spiro atoms. The van der Waals surface area contributed by atoms with E-state index in [0.717, 1.165) is 16.6 Å². The van der Waals surface area contributed by atoms with Gasteiger partial charge in [0.25, 0.3) is 5.69 Å². The number of ether oxygens (including phenoxy) is 1. The van der Waals surface area contributed by atoms with Crippen molar-refractivity contribution in [2.24, 2.45) is 0 Å². The van der Waals surface area contributed by atoms with Gasteiger partial charge >= 0.3 is 0 Å². The average Bonchev–Trinajstić information content (AvgIpc) is 2.64. The second-order valence-corrected chi connectivity index (χ2v) is 7.63. The number of carbonyl (C=O) groups excluding carboxylic acids is 1. The first-order valence-electron chi connectivity index (χ1n) is 8.06. The number of hydrogen-bond donors (Lipinski definition) is 1. The number of nitrogens with one attached hydrogen (secondary N) is 1. The van der Waals surface area contributed by atoms with Crippen LogP contribution in [0, 0.1) is 10.1 Å². The molecule has 0 aliphatic carbocycles. The molecule has 0 aliphatic rings. The first-order chi connectivity index (χ1) is 13.2. The minimum Gasteiger partial charge on any atom is -0.489 e. The van der Waals surface area contributed by atoms with Gasteiger partial charge in [0.1, 0.15) is 18.9 Å². The quantitative estimate of drug-likeness (QED) is 0.389. The van der Waals surface area contributed by atoms with E-state index in [2.05, 4.69) is 11.9 Å². The molecule has 0 radical (unpaired) electrons. The lowest BCUT2D eigenvalue weighted by Crippen LogP contribution is -2.37. The largest absolute Gasteiger partial charge is 0.489 e. The third-order valence-corrected chi connectivity index (χ3v) is 4.64. The number of rotatable bonds is 9. The molecule has 10 heteroatoms. The molecule has 28 heavy (non-hydrogen) atoms. The molecular weight excluding hydrogens is 386 g/mol. The van der Waals surface area contributed by atoms with Crippen molar-refractivity contribution in [3.8, 4) is 5.75 Å². The Morgan fingerprint density at radius 2 is 2.00 bits per heavy atom. The maximum atomic E-state index is 12.4. The maximum Gasteiger partial charge on any atom is 0.271 e. The third-order valence-electron chi connectivity index (χ3n) is 3.50. The molecule has 0 heterocycles. The molecule has 9 nitrogen and oxygen atoms in total. The van der Waals surface area contributed by atoms with Crippen molar-refractivity contribution in [3.63, 3.8) is 0 Å². The Morgan fingerprint density at radius 3 is 2.64 bits per heavy atom. The molecule has 0 bridgehead atoms. The molecule has 0 saturated carbocycles. The molecule has 0 aliphatic heterocycles. The van der Waals surface area contributed by atoms with Gasteiger partial charge in [-0.3, -0.25) is 19.2 Å². The predicted molar refractivity (Wildman–Crippen MR) is 106 cm³/mol. The highest BCUT2D eigenvalue weighted by atomic mass is 32.2. The number of carbonyl (C=O) groups is 1. The van der Waals surface area contributed by atoms with Crippen LogP contribution in [0.4, 0.5) is 17.1 Å². The summed E-state index contributed by atoms with van der Waals surface area (Å²) in [5.74, 6) is -0.103. The third kappa shape index (κ3) is 5.81. The van der Waals surface area contributed by atoms with Crippen LogP contribution in [0.15, 0.2) is 61.2 Å². The van der Waals surface area contributed by atoms with E-state index in [-0.39, 0.29) is 11.4 Å². The highest BCUT2D eigenvalue weighted by Gasteiger charge is 2.22. The number of anilines is 2. The Balaban J connectivity index is 2.19. The highest BCUT2D eigenvalue weighted by Crippen LogP contribution is 2.23. The number of sulfonamides is 1. The van der Waals surface area contributed by atoms with Gasteiger partial charge in [-0.05, 0) is 18.2 Å². The van der Waals surface area contributed by atoms with Gasteiger partial charge in [0.2, 0.25) is 15.9 Å². The van der Waals surface area contributed by atoms with E-state index in [1.54, 1.807) is 30.3 Å². The van der Waals surface area contributed by atoms with Crippen LogP contribution < -0.4 is 14.4 Å². The molecule has 2 aromatic carbocycles. The fourth-order valence-corrected chi connectivity index (χ4v) is 3.16. The van der Waals surface area contributed by atoms with Gasteiger partial charge in [0.05, 0.1) is 16.9 Å². The zero-order chi connectivity index (χ0) is 20.7. The average molecular weight is 405 g/mol. The number of non-ortho nitro benzene ring substituents is 1. The highest BCUT2D eigenvalue weighted by molar-refractivity contribution is 7.92. The smallest absolute Gasteiger partial charge is 0.271 e. The fourth-order valence-electron chi connectivity index (χ4n) is 2.31. The van der Waals surface area contributed by atoms with Gasteiger partial charge < -0.3 is 10.1 Å². The molecule has 0 unspecified atom stereocenters. The van der Waals surface area contributed by atoms with Gasteiger partial charge in [-0.1, -0.05) is 24.8 Å². The van der Waals surface area contributed by atoms with E-state index in [0.29, 0.717) is 18.0 Å². The number of hydrogen-bond acceptors (Lipinski definition) is 6. The number of benzene rings is 2. The predicted octanol–water partition coefficient (Wildman–Crippen LogP) is 2.56. The van der Waals surface area contributed by atoms with Crippen molar-refractivity contribution in [3.05, 3.63) is 71.3 Å². The minimum atomic E-state index is -3.85. The van der Waals surface area contributed by atoms with Gasteiger partial charge in [-0.2, -0.15) is 0 Å². The Labute approximate surface area is 162 Å². The van der Waals surface area contributed by atoms with Crippen LogP contribution in [-0.4, -0.2) is 38.7 Å². The Morgan fingerprint density at radius 1 is 1.29 bits per heavy atom. The number of nitro benzene ring substituents is 1. The lowest BCUT2D eigenvalue weighted by atomic mass is 10.2. The first kappa shape index (κ1) is 20.9. The van der Waals surface area contributed by atoms with Crippen LogP contribution in [-0.2, 0) is 14.8 Å². The molecule has 2 rings (SSSR count). The Hall–Kier alpha value is -3.40. The lowest BCUT2D eigenvalue weighted by Gasteiger charge is -2.21. The zero-order valence-electron chi connectivity index (χ0n) is 15.1. The molecule has 0 atom stereocenters. The van der Waals surface area contributed by atoms with Crippen LogP contribution in [0.2, 0.25) is 0 Å². The molecule has 2 aromatic rings. The van der Waals surface area contributed by atoms with Gasteiger partial charge in [0, 0.05) is 23.9 Å². The van der Waals surface area contributed by atoms with Crippen LogP contribution in [0.25, 0.3) is 0 Å². The van der Waals surface area contributed by atoms with Crippen molar-refractivity contribution in [1.82, 2.24) is 0 Å². The Bertz CT molecular complexity index is 990. The standard InChI is InChI=1S/C18H19N3O6S/c1-3-10-27-17-9-4-6-14(11-17)19-18(22)13-20(28(2,25)26)15-7-5-8-16(12-15)21(23)24/h3-9,11-12H,1,10,13H2,2H3,(H,19,22). The van der Waals surface area contributed by atoms with E-state index in [1.807, 2.05) is 0 Å². The van der Waals surface area contributed by atoms with Gasteiger partial charge in [-0.15, -0.1) is 0 Å². The summed E-state index contributed by atoms with van der Waals surface area (Å²) >= 11 is 0. The van der Waals surface area contributed by atoms with Crippen molar-refractivity contribution < 1.29 is 22.9 Å². The van der Waals surface area contributed by atoms with E-state index in [4.69, 9.17) is 4.74 Å². The zero-order valence-corrected chi connectivity index (χ0v) is 15.9. The van der Waals surface area contributed by atoms with Crippen molar-refractivity contribution in [2.45, 2.75) is 0 Å². The minimum absolute atomic E-state index is 0.0231. The molecule has 1 N–H and O–H groups in total. The summed E-state index contributed by atoms with van der Waals surface area (Å²) in [4.78, 5) is 22.7. The molecule has 1 amide bonds. The van der Waals surface area contributed by atoms with Crippen molar-refractivity contribution in [1.29, 1.82) is 0 Å². The van der Waals surface area contributed by atoms with Crippen LogP contribution in [0.1, 0.15) is 0 Å². The van der Waals surface area contributed by atoms with Crippen LogP contribution >= 0.6 is 0 Å². The van der Waals surface area contributed by atoms with E-state index < -0.39 is 27.4 Å². The second-order valence-electron chi connectivity index (χ2n) is 5.72. The topological polar surface area (TPSA) is 119 Å². The second kappa shape index (κ2) is 9.00. The number of nitro groups is 1. The van der Waals surface area contributed by atoms with Gasteiger partial charge in [0.15, 0.2) is 0 Å². The monoisotopic (exact) mass is 405 g/mol. The fraction of sp³-hybridized carbons (Fsp3) is 0.167. The van der Waals surface area contributed by atoms with E-state index in [1.165, 1.54) is 18.2 Å². The van der Waals surface area contributed by atoms with Crippen LogP contribution in [0.5, 0.6) is 5.75 Å². The summed E-state index contributed by atoms with van der Waals surface area (Å²) in [5.41, 5.74) is 0.160. The number of amides is 1.